The number of carbonyl (C=O) groups is 3. The molecule has 8 heteroatoms. The fraction of sp³-hybridized carbons (Fsp3) is 0.350. The predicted molar refractivity (Wildman–Crippen MR) is 110 cm³/mol. The lowest BCUT2D eigenvalue weighted by molar-refractivity contribution is -0.115. The Morgan fingerprint density at radius 1 is 1.07 bits per heavy atom. The second-order valence-corrected chi connectivity index (χ2v) is 7.32. The highest BCUT2D eigenvalue weighted by Gasteiger charge is 2.11. The van der Waals surface area contributed by atoms with E-state index in [-0.39, 0.29) is 24.3 Å². The molecule has 0 spiro atoms. The Kier molecular flexibility index (Phi) is 8.64. The number of amides is 3. The first-order valence-electron chi connectivity index (χ1n) is 9.10. The molecule has 3 N–H and O–H groups in total. The molecular weight excluding hydrogens is 378 g/mol. The van der Waals surface area contributed by atoms with Gasteiger partial charge < -0.3 is 20.7 Å². The number of thiophene rings is 1. The number of nitrogens with one attached hydrogen (secondary N) is 3. The number of aryl methyl sites for hydroxylation is 1. The maximum Gasteiger partial charge on any atom is 0.261 e. The molecular formula is C20H25N3O4S. The molecule has 0 fully saturated rings. The van der Waals surface area contributed by atoms with Gasteiger partial charge in [0.05, 0.1) is 11.4 Å². The van der Waals surface area contributed by atoms with E-state index >= 15 is 0 Å². The average molecular weight is 404 g/mol. The summed E-state index contributed by atoms with van der Waals surface area (Å²) in [5.41, 5.74) is 0.945. The van der Waals surface area contributed by atoms with Crippen LogP contribution in [0.2, 0.25) is 0 Å². The van der Waals surface area contributed by atoms with Gasteiger partial charge in [0, 0.05) is 35.9 Å². The smallest absolute Gasteiger partial charge is 0.261 e. The van der Waals surface area contributed by atoms with Crippen molar-refractivity contribution in [3.8, 4) is 0 Å². The van der Waals surface area contributed by atoms with Gasteiger partial charge in [-0.05, 0) is 50.6 Å². The highest BCUT2D eigenvalue weighted by Crippen LogP contribution is 2.14. The monoisotopic (exact) mass is 403 g/mol. The standard InChI is InChI=1S/C20H25N3O4S/c1-3-27-11-5-10-21-19(25)15-6-4-7-16(12-15)23-18(24)13-22-20(26)17-9-8-14(2)28-17/h4,6-9,12H,3,5,10-11,13H2,1-2H3,(H,21,25)(H,22,26)(H,23,24). The van der Waals surface area contributed by atoms with Crippen LogP contribution in [0.4, 0.5) is 5.69 Å². The molecule has 0 bridgehead atoms. The second kappa shape index (κ2) is 11.2. The molecule has 1 aromatic heterocycles. The number of carbonyl (C=O) groups excluding carboxylic acids is 3. The molecule has 0 saturated heterocycles. The molecule has 0 aliphatic rings. The Morgan fingerprint density at radius 2 is 1.89 bits per heavy atom. The highest BCUT2D eigenvalue weighted by atomic mass is 32.1. The molecule has 0 unspecified atom stereocenters. The summed E-state index contributed by atoms with van der Waals surface area (Å²) < 4.78 is 5.22. The van der Waals surface area contributed by atoms with Crippen molar-refractivity contribution in [2.45, 2.75) is 20.3 Å². The van der Waals surface area contributed by atoms with Crippen LogP contribution in [0.25, 0.3) is 0 Å². The first-order chi connectivity index (χ1) is 13.5. The zero-order valence-corrected chi connectivity index (χ0v) is 16.9. The molecule has 7 nitrogen and oxygen atoms in total. The molecule has 28 heavy (non-hydrogen) atoms. The molecule has 0 aliphatic heterocycles. The van der Waals surface area contributed by atoms with E-state index < -0.39 is 0 Å². The number of ether oxygens (including phenoxy) is 1. The molecule has 2 aromatic rings. The molecule has 0 atom stereocenters. The van der Waals surface area contributed by atoms with Crippen LogP contribution in [-0.2, 0) is 9.53 Å². The van der Waals surface area contributed by atoms with E-state index in [1.54, 1.807) is 30.3 Å². The van der Waals surface area contributed by atoms with Gasteiger partial charge in [0.2, 0.25) is 5.91 Å². The second-order valence-electron chi connectivity index (χ2n) is 6.03. The molecule has 1 heterocycles. The highest BCUT2D eigenvalue weighted by molar-refractivity contribution is 7.13. The van der Waals surface area contributed by atoms with Crippen molar-refractivity contribution in [1.82, 2.24) is 10.6 Å². The van der Waals surface area contributed by atoms with E-state index in [2.05, 4.69) is 16.0 Å². The normalized spacial score (nSPS) is 10.4. The molecule has 150 valence electrons. The predicted octanol–water partition coefficient (Wildman–Crippen LogP) is 2.58. The summed E-state index contributed by atoms with van der Waals surface area (Å²) in [6.07, 6.45) is 0.736. The van der Waals surface area contributed by atoms with E-state index in [0.717, 1.165) is 11.3 Å². The molecule has 0 saturated carbocycles. The third-order valence-electron chi connectivity index (χ3n) is 3.74. The lowest BCUT2D eigenvalue weighted by atomic mass is 10.2. The van der Waals surface area contributed by atoms with E-state index in [9.17, 15) is 14.4 Å². The zero-order chi connectivity index (χ0) is 20.4. The average Bonchev–Trinajstić information content (AvgIpc) is 3.12. The Balaban J connectivity index is 1.80. The molecule has 0 aliphatic carbocycles. The topological polar surface area (TPSA) is 96.5 Å². The Hall–Kier alpha value is -2.71. The van der Waals surface area contributed by atoms with Gasteiger partial charge in [0.25, 0.3) is 11.8 Å². The molecule has 3 amide bonds. The van der Waals surface area contributed by atoms with Gasteiger partial charge in [-0.2, -0.15) is 0 Å². The zero-order valence-electron chi connectivity index (χ0n) is 16.0. The van der Waals surface area contributed by atoms with Gasteiger partial charge in [-0.3, -0.25) is 14.4 Å². The van der Waals surface area contributed by atoms with Crippen LogP contribution in [0.1, 0.15) is 38.3 Å². The van der Waals surface area contributed by atoms with Crippen molar-refractivity contribution in [1.29, 1.82) is 0 Å². The number of rotatable bonds is 10. The quantitative estimate of drug-likeness (QED) is 0.531. The van der Waals surface area contributed by atoms with Crippen LogP contribution >= 0.6 is 11.3 Å². The van der Waals surface area contributed by atoms with Crippen molar-refractivity contribution in [2.24, 2.45) is 0 Å². The third-order valence-corrected chi connectivity index (χ3v) is 4.74. The van der Waals surface area contributed by atoms with Crippen molar-refractivity contribution in [3.05, 3.63) is 51.7 Å². The van der Waals surface area contributed by atoms with Crippen LogP contribution in [0.3, 0.4) is 0 Å². The van der Waals surface area contributed by atoms with Gasteiger partial charge >= 0.3 is 0 Å². The molecule has 0 radical (unpaired) electrons. The van der Waals surface area contributed by atoms with Crippen molar-refractivity contribution >= 4 is 34.7 Å². The van der Waals surface area contributed by atoms with E-state index in [1.165, 1.54) is 11.3 Å². The van der Waals surface area contributed by atoms with Gasteiger partial charge in [-0.1, -0.05) is 6.07 Å². The van der Waals surface area contributed by atoms with Crippen molar-refractivity contribution < 1.29 is 19.1 Å². The van der Waals surface area contributed by atoms with E-state index in [1.807, 2.05) is 19.9 Å². The van der Waals surface area contributed by atoms with Crippen molar-refractivity contribution in [2.75, 3.05) is 31.6 Å². The fourth-order valence-corrected chi connectivity index (χ4v) is 3.15. The van der Waals surface area contributed by atoms with E-state index in [4.69, 9.17) is 4.74 Å². The Morgan fingerprint density at radius 3 is 2.61 bits per heavy atom. The first kappa shape index (κ1) is 21.6. The molecule has 2 rings (SSSR count). The number of anilines is 1. The first-order valence-corrected chi connectivity index (χ1v) is 9.91. The van der Waals surface area contributed by atoms with Crippen LogP contribution in [0.5, 0.6) is 0 Å². The largest absolute Gasteiger partial charge is 0.382 e. The van der Waals surface area contributed by atoms with Gasteiger partial charge in [-0.25, -0.2) is 0 Å². The summed E-state index contributed by atoms with van der Waals surface area (Å²) in [5, 5.41) is 8.08. The maximum atomic E-state index is 12.2. The lowest BCUT2D eigenvalue weighted by Crippen LogP contribution is -2.32. The number of hydrogen-bond donors (Lipinski definition) is 3. The summed E-state index contributed by atoms with van der Waals surface area (Å²) in [7, 11) is 0. The number of benzene rings is 1. The minimum absolute atomic E-state index is 0.149. The maximum absolute atomic E-state index is 12.2. The van der Waals surface area contributed by atoms with Crippen LogP contribution in [0, 0.1) is 6.92 Å². The minimum atomic E-state index is -0.365. The summed E-state index contributed by atoms with van der Waals surface area (Å²) >= 11 is 1.37. The van der Waals surface area contributed by atoms with Gasteiger partial charge in [-0.15, -0.1) is 11.3 Å². The van der Waals surface area contributed by atoms with Crippen LogP contribution < -0.4 is 16.0 Å². The fourth-order valence-electron chi connectivity index (χ4n) is 2.37. The summed E-state index contributed by atoms with van der Waals surface area (Å²) in [6.45, 7) is 5.46. The third kappa shape index (κ3) is 7.13. The minimum Gasteiger partial charge on any atom is -0.382 e. The number of hydrogen-bond acceptors (Lipinski definition) is 5. The summed E-state index contributed by atoms with van der Waals surface area (Å²) in [4.78, 5) is 37.8. The molecule has 1 aromatic carbocycles. The van der Waals surface area contributed by atoms with Gasteiger partial charge in [0.15, 0.2) is 0 Å². The van der Waals surface area contributed by atoms with Gasteiger partial charge in [0.1, 0.15) is 0 Å². The summed E-state index contributed by atoms with van der Waals surface area (Å²) in [5.74, 6) is -0.863. The van der Waals surface area contributed by atoms with Crippen LogP contribution in [-0.4, -0.2) is 44.0 Å². The Bertz CT molecular complexity index is 819. The lowest BCUT2D eigenvalue weighted by Gasteiger charge is -2.09. The SMILES string of the molecule is CCOCCCNC(=O)c1cccc(NC(=O)CNC(=O)c2ccc(C)s2)c1. The van der Waals surface area contributed by atoms with Crippen LogP contribution in [0.15, 0.2) is 36.4 Å². The van der Waals surface area contributed by atoms with E-state index in [0.29, 0.717) is 35.9 Å². The van der Waals surface area contributed by atoms with Crippen molar-refractivity contribution in [3.63, 3.8) is 0 Å². The Labute approximate surface area is 168 Å². The summed E-state index contributed by atoms with van der Waals surface area (Å²) in [6, 6.07) is 10.2.